The van der Waals surface area contributed by atoms with Crippen LogP contribution in [0.3, 0.4) is 0 Å². The Balaban J connectivity index is 0.00000121. The van der Waals surface area contributed by atoms with E-state index in [-0.39, 0.29) is 19.4 Å². The zero-order chi connectivity index (χ0) is 8.10. The summed E-state index contributed by atoms with van der Waals surface area (Å²) in [7, 11) is 0. The van der Waals surface area contributed by atoms with Crippen LogP contribution in [0.1, 0.15) is 0 Å². The van der Waals surface area contributed by atoms with Gasteiger partial charge in [-0.25, -0.2) is 5.84 Å². The van der Waals surface area contributed by atoms with E-state index in [2.05, 4.69) is 5.32 Å². The van der Waals surface area contributed by atoms with Crippen molar-refractivity contribution in [2.45, 2.75) is 0 Å². The van der Waals surface area contributed by atoms with Crippen LogP contribution < -0.4 is 16.6 Å². The van der Waals surface area contributed by atoms with Crippen molar-refractivity contribution in [3.8, 4) is 0 Å². The van der Waals surface area contributed by atoms with Crippen molar-refractivity contribution in [1.29, 1.82) is 0 Å². The molecule has 0 bridgehead atoms. The van der Waals surface area contributed by atoms with Crippen molar-refractivity contribution in [2.75, 3.05) is 0 Å². The summed E-state index contributed by atoms with van der Waals surface area (Å²) in [6, 6.07) is 0. The molecule has 4 nitrogen and oxygen atoms in total. The molecule has 1 aliphatic rings. The summed E-state index contributed by atoms with van der Waals surface area (Å²) in [6.07, 6.45) is 8.64. The molecule has 1 heterocycles. The summed E-state index contributed by atoms with van der Waals surface area (Å²) in [4.78, 5) is 10.9. The number of allylic oxidation sites excluding steroid dienone is 4. The third-order valence-electron chi connectivity index (χ3n) is 1.20. The third-order valence-corrected chi connectivity index (χ3v) is 1.20. The normalized spacial score (nSPS) is 13.6. The Bertz CT molecular complexity index is 245. The fourth-order valence-electron chi connectivity index (χ4n) is 0.676. The van der Waals surface area contributed by atoms with Crippen LogP contribution in [-0.2, 0) is 4.79 Å². The number of nitrogens with two attached hydrogens (primary N) is 1. The van der Waals surface area contributed by atoms with E-state index < -0.39 is 0 Å². The number of carbonyl (C=O) groups excluding carboxylic acids is 1. The van der Waals surface area contributed by atoms with Gasteiger partial charge in [-0.3, -0.25) is 10.2 Å². The van der Waals surface area contributed by atoms with Crippen LogP contribution in [0.25, 0.3) is 0 Å². The molecule has 1 amide bonds. The molecule has 1 rings (SSSR count). The van der Waals surface area contributed by atoms with E-state index in [1.54, 1.807) is 24.4 Å². The van der Waals surface area contributed by atoms with Gasteiger partial charge >= 0.3 is 0 Å². The highest BCUT2D eigenvalue weighted by molar-refractivity contribution is 7.59. The van der Waals surface area contributed by atoms with Crippen LogP contribution in [-0.4, -0.2) is 5.91 Å². The van der Waals surface area contributed by atoms with Crippen LogP contribution in [0.2, 0.25) is 0 Å². The maximum atomic E-state index is 10.9. The van der Waals surface area contributed by atoms with Gasteiger partial charge in [-0.2, -0.15) is 13.5 Å². The molecule has 0 aliphatic carbocycles. The highest BCUT2D eigenvalue weighted by atomic mass is 32.1. The van der Waals surface area contributed by atoms with E-state index in [4.69, 9.17) is 5.84 Å². The Kier molecular flexibility index (Phi) is 4.91. The highest BCUT2D eigenvalue weighted by Gasteiger charge is 2.03. The van der Waals surface area contributed by atoms with Gasteiger partial charge in [-0.15, -0.1) is 0 Å². The first-order chi connectivity index (χ1) is 5.34. The maximum Gasteiger partial charge on any atom is 0.281 e. The molecule has 12 heavy (non-hydrogen) atoms. The lowest BCUT2D eigenvalue weighted by Gasteiger charge is -2.02. The minimum Gasteiger partial charge on any atom is -0.357 e. The van der Waals surface area contributed by atoms with Gasteiger partial charge in [0.25, 0.3) is 5.91 Å². The molecule has 0 aromatic carbocycles. The lowest BCUT2D eigenvalue weighted by molar-refractivity contribution is -0.117. The number of amides is 1. The smallest absolute Gasteiger partial charge is 0.281 e. The molecule has 0 atom stereocenters. The highest BCUT2D eigenvalue weighted by Crippen LogP contribution is 1.94. The monoisotopic (exact) mass is 185 g/mol. The largest absolute Gasteiger partial charge is 0.357 e. The first kappa shape index (κ1) is 10.8. The van der Waals surface area contributed by atoms with Crippen molar-refractivity contribution in [2.24, 2.45) is 5.84 Å². The molecule has 5 heteroatoms. The standard InChI is InChI=1S/C7H9N3O.H2S/c8-10-7(11)6-4-2-1-3-5-9-6;/h1-5,9H,8H2,(H,10,11);1H2. The first-order valence-corrected chi connectivity index (χ1v) is 3.15. The van der Waals surface area contributed by atoms with Crippen LogP contribution in [0.4, 0.5) is 0 Å². The molecule has 0 aromatic heterocycles. The molecule has 0 radical (unpaired) electrons. The Hall–Kier alpha value is -1.20. The molecule has 0 aromatic rings. The summed E-state index contributed by atoms with van der Waals surface area (Å²) in [5, 5.41) is 2.76. The van der Waals surface area contributed by atoms with Crippen molar-refractivity contribution in [1.82, 2.24) is 10.7 Å². The molecule has 0 fully saturated rings. The minimum atomic E-state index is -0.332. The summed E-state index contributed by atoms with van der Waals surface area (Å²) >= 11 is 0. The summed E-state index contributed by atoms with van der Waals surface area (Å²) in [6.45, 7) is 0. The molecular weight excluding hydrogens is 174 g/mol. The SMILES string of the molecule is NNC(=O)C1=CC=CC=CN1.S. The van der Waals surface area contributed by atoms with E-state index in [0.29, 0.717) is 5.70 Å². The fraction of sp³-hybridized carbons (Fsp3) is 0. The Labute approximate surface area is 77.6 Å². The quantitative estimate of drug-likeness (QED) is 0.297. The molecule has 0 unspecified atom stereocenters. The summed E-state index contributed by atoms with van der Waals surface area (Å²) in [5.41, 5.74) is 2.45. The van der Waals surface area contributed by atoms with Crippen LogP contribution in [0.15, 0.2) is 36.2 Å². The average Bonchev–Trinajstić information content (AvgIpc) is 2.30. The van der Waals surface area contributed by atoms with Crippen LogP contribution >= 0.6 is 13.5 Å². The number of nitrogens with one attached hydrogen (secondary N) is 2. The van der Waals surface area contributed by atoms with Crippen molar-refractivity contribution >= 4 is 19.4 Å². The van der Waals surface area contributed by atoms with Crippen LogP contribution in [0, 0.1) is 0 Å². The Morgan fingerprint density at radius 1 is 1.42 bits per heavy atom. The van der Waals surface area contributed by atoms with E-state index in [9.17, 15) is 4.79 Å². The topological polar surface area (TPSA) is 67.1 Å². The van der Waals surface area contributed by atoms with Gasteiger partial charge in [0.15, 0.2) is 0 Å². The predicted octanol–water partition coefficient (Wildman–Crippen LogP) is -0.354. The summed E-state index contributed by atoms with van der Waals surface area (Å²) in [5.74, 6) is 4.59. The lowest BCUT2D eigenvalue weighted by Crippen LogP contribution is -2.34. The van der Waals surface area contributed by atoms with Gasteiger partial charge in [0, 0.05) is 6.20 Å². The number of hydrogen-bond acceptors (Lipinski definition) is 3. The second-order valence-corrected chi connectivity index (χ2v) is 1.94. The van der Waals surface area contributed by atoms with Crippen molar-refractivity contribution in [3.05, 3.63) is 36.2 Å². The van der Waals surface area contributed by atoms with Gasteiger partial charge in [0.1, 0.15) is 5.70 Å². The number of rotatable bonds is 1. The zero-order valence-corrected chi connectivity index (χ0v) is 7.37. The van der Waals surface area contributed by atoms with Crippen LogP contribution in [0.5, 0.6) is 0 Å². The molecule has 0 saturated heterocycles. The number of hydrogen-bond donors (Lipinski definition) is 3. The van der Waals surface area contributed by atoms with E-state index in [1.807, 2.05) is 11.5 Å². The number of hydrazine groups is 1. The number of carbonyl (C=O) groups is 1. The molecule has 1 aliphatic heterocycles. The Morgan fingerprint density at radius 2 is 2.17 bits per heavy atom. The average molecular weight is 185 g/mol. The molecule has 4 N–H and O–H groups in total. The van der Waals surface area contributed by atoms with Gasteiger partial charge in [-0.1, -0.05) is 12.2 Å². The molecule has 0 spiro atoms. The third kappa shape index (κ3) is 2.81. The second-order valence-electron chi connectivity index (χ2n) is 1.94. The fourth-order valence-corrected chi connectivity index (χ4v) is 0.676. The maximum absolute atomic E-state index is 10.9. The van der Waals surface area contributed by atoms with Gasteiger partial charge in [0.2, 0.25) is 0 Å². The van der Waals surface area contributed by atoms with Gasteiger partial charge < -0.3 is 5.32 Å². The van der Waals surface area contributed by atoms with E-state index in [0.717, 1.165) is 0 Å². The molecular formula is C7H11N3OS. The molecule has 66 valence electrons. The minimum absolute atomic E-state index is 0. The lowest BCUT2D eigenvalue weighted by atomic mass is 10.3. The first-order valence-electron chi connectivity index (χ1n) is 3.15. The summed E-state index contributed by atoms with van der Waals surface area (Å²) < 4.78 is 0. The van der Waals surface area contributed by atoms with Gasteiger partial charge in [0.05, 0.1) is 0 Å². The van der Waals surface area contributed by atoms with Gasteiger partial charge in [-0.05, 0) is 12.2 Å². The molecule has 0 saturated carbocycles. The van der Waals surface area contributed by atoms with E-state index >= 15 is 0 Å². The predicted molar refractivity (Wildman–Crippen MR) is 52.2 cm³/mol. The Morgan fingerprint density at radius 3 is 2.83 bits per heavy atom. The van der Waals surface area contributed by atoms with E-state index in [1.165, 1.54) is 0 Å². The zero-order valence-electron chi connectivity index (χ0n) is 6.37. The van der Waals surface area contributed by atoms with Crippen molar-refractivity contribution in [3.63, 3.8) is 0 Å². The second kappa shape index (κ2) is 5.45. The van der Waals surface area contributed by atoms with Crippen molar-refractivity contribution < 1.29 is 4.79 Å².